The molecule has 0 aliphatic carbocycles. The number of likely N-dealkylation sites (N-methyl/N-ethyl adjacent to an activating group) is 1. The molecular formula is C14H23N3. The molecular weight excluding hydrogens is 210 g/mol. The largest absolute Gasteiger partial charge is 0.326 e. The topological polar surface area (TPSA) is 32.5 Å². The lowest BCUT2D eigenvalue weighted by Gasteiger charge is -2.41. The molecule has 2 N–H and O–H groups in total. The third kappa shape index (κ3) is 3.28. The Morgan fingerprint density at radius 3 is 2.65 bits per heavy atom. The summed E-state index contributed by atoms with van der Waals surface area (Å²) in [4.78, 5) is 4.88. The van der Waals surface area contributed by atoms with Gasteiger partial charge in [-0.1, -0.05) is 30.3 Å². The summed E-state index contributed by atoms with van der Waals surface area (Å²) in [6.45, 7) is 6.46. The van der Waals surface area contributed by atoms with Crippen LogP contribution < -0.4 is 5.73 Å². The number of hydrogen-bond acceptors (Lipinski definition) is 3. The van der Waals surface area contributed by atoms with E-state index in [0.717, 1.165) is 26.2 Å². The minimum Gasteiger partial charge on any atom is -0.326 e. The molecule has 0 aromatic heterocycles. The van der Waals surface area contributed by atoms with Crippen LogP contribution >= 0.6 is 0 Å². The van der Waals surface area contributed by atoms with Crippen LogP contribution in [0, 0.1) is 0 Å². The fraction of sp³-hybridized carbons (Fsp3) is 0.571. The van der Waals surface area contributed by atoms with Crippen LogP contribution in [0.4, 0.5) is 0 Å². The number of nitrogens with zero attached hydrogens (tertiary/aromatic N) is 2. The van der Waals surface area contributed by atoms with E-state index in [9.17, 15) is 0 Å². The van der Waals surface area contributed by atoms with E-state index in [-0.39, 0.29) is 6.04 Å². The Kier molecular flexibility index (Phi) is 4.15. The molecule has 17 heavy (non-hydrogen) atoms. The highest BCUT2D eigenvalue weighted by molar-refractivity contribution is 5.14. The highest BCUT2D eigenvalue weighted by Crippen LogP contribution is 2.13. The van der Waals surface area contributed by atoms with Crippen LogP contribution in [-0.2, 0) is 6.54 Å². The maximum atomic E-state index is 6.04. The monoisotopic (exact) mass is 233 g/mol. The van der Waals surface area contributed by atoms with Crippen molar-refractivity contribution in [3.63, 3.8) is 0 Å². The molecule has 1 aliphatic heterocycles. The van der Waals surface area contributed by atoms with Gasteiger partial charge in [-0.15, -0.1) is 0 Å². The van der Waals surface area contributed by atoms with Gasteiger partial charge in [-0.2, -0.15) is 0 Å². The summed E-state index contributed by atoms with van der Waals surface area (Å²) >= 11 is 0. The molecule has 1 aliphatic rings. The van der Waals surface area contributed by atoms with Gasteiger partial charge in [-0.25, -0.2) is 0 Å². The molecule has 2 atom stereocenters. The van der Waals surface area contributed by atoms with Crippen LogP contribution in [-0.4, -0.2) is 48.6 Å². The zero-order chi connectivity index (χ0) is 12.3. The van der Waals surface area contributed by atoms with Crippen molar-refractivity contribution < 1.29 is 0 Å². The van der Waals surface area contributed by atoms with Crippen LogP contribution in [0.1, 0.15) is 12.5 Å². The van der Waals surface area contributed by atoms with Crippen molar-refractivity contribution in [3.05, 3.63) is 35.9 Å². The Labute approximate surface area is 104 Å². The lowest BCUT2D eigenvalue weighted by Crippen LogP contribution is -2.57. The summed E-state index contributed by atoms with van der Waals surface area (Å²) in [6.07, 6.45) is 0. The molecule has 1 saturated heterocycles. The van der Waals surface area contributed by atoms with Gasteiger partial charge in [0, 0.05) is 38.3 Å². The fourth-order valence-electron chi connectivity index (χ4n) is 2.51. The second-order valence-corrected chi connectivity index (χ2v) is 5.13. The molecule has 3 nitrogen and oxygen atoms in total. The standard InChI is InChI=1S/C14H23N3/c1-12(15)14-11-17(9-8-16(14)2)10-13-6-4-3-5-7-13/h3-7,12,14H,8-11,15H2,1-2H3. The normalized spacial score (nSPS) is 24.8. The van der Waals surface area contributed by atoms with Crippen molar-refractivity contribution in [2.75, 3.05) is 26.7 Å². The van der Waals surface area contributed by atoms with Gasteiger partial charge in [0.1, 0.15) is 0 Å². The van der Waals surface area contributed by atoms with Gasteiger partial charge in [0.2, 0.25) is 0 Å². The van der Waals surface area contributed by atoms with E-state index in [0.29, 0.717) is 6.04 Å². The number of piperazine rings is 1. The molecule has 3 heteroatoms. The van der Waals surface area contributed by atoms with Crippen LogP contribution in [0.15, 0.2) is 30.3 Å². The van der Waals surface area contributed by atoms with Crippen molar-refractivity contribution >= 4 is 0 Å². The van der Waals surface area contributed by atoms with Gasteiger partial charge in [0.15, 0.2) is 0 Å². The van der Waals surface area contributed by atoms with E-state index in [1.54, 1.807) is 0 Å². The lowest BCUT2D eigenvalue weighted by molar-refractivity contribution is 0.0792. The number of nitrogens with two attached hydrogens (primary N) is 1. The summed E-state index contributed by atoms with van der Waals surface area (Å²) in [6, 6.07) is 11.4. The Bertz CT molecular complexity index is 337. The molecule has 0 radical (unpaired) electrons. The average Bonchev–Trinajstić information content (AvgIpc) is 2.32. The first kappa shape index (κ1) is 12.6. The van der Waals surface area contributed by atoms with Crippen molar-refractivity contribution in [2.24, 2.45) is 5.73 Å². The van der Waals surface area contributed by atoms with E-state index < -0.39 is 0 Å². The predicted octanol–water partition coefficient (Wildman–Crippen LogP) is 1.15. The Morgan fingerprint density at radius 2 is 2.00 bits per heavy atom. The first-order chi connectivity index (χ1) is 8.16. The zero-order valence-electron chi connectivity index (χ0n) is 10.8. The molecule has 1 heterocycles. The maximum absolute atomic E-state index is 6.04. The highest BCUT2D eigenvalue weighted by Gasteiger charge is 2.26. The molecule has 1 aromatic rings. The first-order valence-electron chi connectivity index (χ1n) is 6.39. The quantitative estimate of drug-likeness (QED) is 0.850. The summed E-state index contributed by atoms with van der Waals surface area (Å²) in [5.74, 6) is 0. The summed E-state index contributed by atoms with van der Waals surface area (Å²) < 4.78 is 0. The summed E-state index contributed by atoms with van der Waals surface area (Å²) in [5, 5.41) is 0. The van der Waals surface area contributed by atoms with E-state index in [4.69, 9.17) is 5.73 Å². The van der Waals surface area contributed by atoms with Crippen molar-refractivity contribution in [1.29, 1.82) is 0 Å². The third-order valence-electron chi connectivity index (χ3n) is 3.64. The Morgan fingerprint density at radius 1 is 1.29 bits per heavy atom. The summed E-state index contributed by atoms with van der Waals surface area (Å²) in [7, 11) is 2.17. The van der Waals surface area contributed by atoms with Crippen LogP contribution in [0.25, 0.3) is 0 Å². The predicted molar refractivity (Wildman–Crippen MR) is 71.8 cm³/mol. The van der Waals surface area contributed by atoms with Gasteiger partial charge < -0.3 is 5.73 Å². The van der Waals surface area contributed by atoms with Crippen LogP contribution in [0.3, 0.4) is 0 Å². The van der Waals surface area contributed by atoms with Crippen LogP contribution in [0.5, 0.6) is 0 Å². The van der Waals surface area contributed by atoms with E-state index in [1.807, 2.05) is 0 Å². The van der Waals surface area contributed by atoms with Gasteiger partial charge in [0.05, 0.1) is 0 Å². The number of rotatable bonds is 3. The molecule has 2 unspecified atom stereocenters. The first-order valence-corrected chi connectivity index (χ1v) is 6.39. The Balaban J connectivity index is 1.95. The second kappa shape index (κ2) is 5.63. The van der Waals surface area contributed by atoms with E-state index in [2.05, 4.69) is 54.1 Å². The van der Waals surface area contributed by atoms with Gasteiger partial charge in [-0.3, -0.25) is 9.80 Å². The minimum absolute atomic E-state index is 0.235. The highest BCUT2D eigenvalue weighted by atomic mass is 15.3. The minimum atomic E-state index is 0.235. The molecule has 1 aromatic carbocycles. The number of benzene rings is 1. The molecule has 0 bridgehead atoms. The van der Waals surface area contributed by atoms with Crippen molar-refractivity contribution in [1.82, 2.24) is 9.80 Å². The van der Waals surface area contributed by atoms with Crippen molar-refractivity contribution in [3.8, 4) is 0 Å². The smallest absolute Gasteiger partial charge is 0.0369 e. The average molecular weight is 233 g/mol. The Hall–Kier alpha value is -0.900. The third-order valence-corrected chi connectivity index (χ3v) is 3.64. The van der Waals surface area contributed by atoms with Crippen LogP contribution in [0.2, 0.25) is 0 Å². The fourth-order valence-corrected chi connectivity index (χ4v) is 2.51. The van der Waals surface area contributed by atoms with Gasteiger partial charge in [0.25, 0.3) is 0 Å². The van der Waals surface area contributed by atoms with E-state index >= 15 is 0 Å². The van der Waals surface area contributed by atoms with Gasteiger partial charge in [-0.05, 0) is 19.5 Å². The van der Waals surface area contributed by atoms with Gasteiger partial charge >= 0.3 is 0 Å². The molecule has 94 valence electrons. The molecule has 0 spiro atoms. The lowest BCUT2D eigenvalue weighted by atomic mass is 10.1. The summed E-state index contributed by atoms with van der Waals surface area (Å²) in [5.41, 5.74) is 7.43. The van der Waals surface area contributed by atoms with E-state index in [1.165, 1.54) is 5.56 Å². The SMILES string of the molecule is CC(N)C1CN(Cc2ccccc2)CCN1C. The molecule has 0 amide bonds. The maximum Gasteiger partial charge on any atom is 0.0369 e. The second-order valence-electron chi connectivity index (χ2n) is 5.13. The number of hydrogen-bond donors (Lipinski definition) is 1. The molecule has 1 fully saturated rings. The van der Waals surface area contributed by atoms with Crippen molar-refractivity contribution in [2.45, 2.75) is 25.6 Å². The molecule has 2 rings (SSSR count). The zero-order valence-corrected chi connectivity index (χ0v) is 10.8. The molecule has 0 saturated carbocycles.